The number of amides is 1. The van der Waals surface area contributed by atoms with Gasteiger partial charge in [0.1, 0.15) is 11.7 Å². The van der Waals surface area contributed by atoms with E-state index in [0.717, 1.165) is 37.0 Å². The van der Waals surface area contributed by atoms with Crippen LogP contribution in [0.25, 0.3) is 0 Å². The highest BCUT2D eigenvalue weighted by atomic mass is 16.3. The van der Waals surface area contributed by atoms with Crippen molar-refractivity contribution < 1.29 is 9.90 Å². The number of carbonyl (C=O) groups excluding carboxylic acids is 1. The first-order valence-electron chi connectivity index (χ1n) is 11.1. The molecule has 2 unspecified atom stereocenters. The van der Waals surface area contributed by atoms with Crippen molar-refractivity contribution in [3.05, 3.63) is 54.4 Å². The molecule has 4 saturated carbocycles. The van der Waals surface area contributed by atoms with Crippen molar-refractivity contribution >= 4 is 5.91 Å². The lowest BCUT2D eigenvalue weighted by Gasteiger charge is -2.60. The van der Waals surface area contributed by atoms with Gasteiger partial charge in [-0.1, -0.05) is 6.07 Å². The second-order valence-electron chi connectivity index (χ2n) is 9.83. The van der Waals surface area contributed by atoms with Crippen molar-refractivity contribution in [3.8, 4) is 0 Å². The van der Waals surface area contributed by atoms with Gasteiger partial charge < -0.3 is 10.0 Å². The Morgan fingerprint density at radius 2 is 1.80 bits per heavy atom. The van der Waals surface area contributed by atoms with E-state index in [2.05, 4.69) is 15.0 Å². The Morgan fingerprint density at radius 3 is 2.30 bits per heavy atom. The smallest absolute Gasteiger partial charge is 0.242 e. The summed E-state index contributed by atoms with van der Waals surface area (Å²) in [7, 11) is 1.95. The highest BCUT2D eigenvalue weighted by Crippen LogP contribution is 2.58. The van der Waals surface area contributed by atoms with E-state index in [1.165, 1.54) is 25.6 Å². The fourth-order valence-electron chi connectivity index (χ4n) is 7.09. The van der Waals surface area contributed by atoms with Gasteiger partial charge in [0.15, 0.2) is 0 Å². The van der Waals surface area contributed by atoms with Gasteiger partial charge in [-0.05, 0) is 80.9 Å². The van der Waals surface area contributed by atoms with E-state index in [4.69, 9.17) is 0 Å². The van der Waals surface area contributed by atoms with Crippen LogP contribution >= 0.6 is 0 Å². The summed E-state index contributed by atoms with van der Waals surface area (Å²) in [5.74, 6) is 2.09. The molecule has 2 aromatic rings. The number of rotatable bonds is 5. The highest BCUT2D eigenvalue weighted by molar-refractivity contribution is 5.92. The molecule has 6 rings (SSSR count). The Balaban J connectivity index is 1.62. The molecule has 4 aliphatic rings. The maximum Gasteiger partial charge on any atom is 0.242 e. The van der Waals surface area contributed by atoms with Gasteiger partial charge in [0.05, 0.1) is 11.8 Å². The molecule has 30 heavy (non-hydrogen) atoms. The average Bonchev–Trinajstić information content (AvgIpc) is 2.74. The summed E-state index contributed by atoms with van der Waals surface area (Å²) >= 11 is 0. The molecule has 0 saturated heterocycles. The minimum Gasteiger partial charge on any atom is -0.392 e. The van der Waals surface area contributed by atoms with E-state index >= 15 is 0 Å². The summed E-state index contributed by atoms with van der Waals surface area (Å²) in [6.45, 7) is 1.68. The molecule has 0 aliphatic heterocycles. The Morgan fingerprint density at radius 1 is 1.13 bits per heavy atom. The van der Waals surface area contributed by atoms with Crippen molar-refractivity contribution in [1.29, 1.82) is 0 Å². The second kappa shape index (κ2) is 7.12. The number of aliphatic hydroxyl groups excluding tert-OH is 1. The van der Waals surface area contributed by atoms with Gasteiger partial charge in [-0.15, -0.1) is 0 Å². The molecule has 4 aliphatic carbocycles. The zero-order valence-electron chi connectivity index (χ0n) is 17.7. The Bertz CT molecular complexity index is 841. The van der Waals surface area contributed by atoms with Crippen molar-refractivity contribution in [1.82, 2.24) is 19.9 Å². The van der Waals surface area contributed by atoms with E-state index in [0.29, 0.717) is 11.3 Å². The molecular formula is C24H30N4O2. The van der Waals surface area contributed by atoms with E-state index in [1.54, 1.807) is 31.6 Å². The molecule has 0 spiro atoms. The molecule has 6 nitrogen and oxygen atoms in total. The van der Waals surface area contributed by atoms with Gasteiger partial charge in [0, 0.05) is 31.2 Å². The predicted molar refractivity (Wildman–Crippen MR) is 112 cm³/mol. The molecule has 6 heteroatoms. The molecule has 158 valence electrons. The first-order valence-corrected chi connectivity index (χ1v) is 11.1. The maximum absolute atomic E-state index is 14.4. The minimum absolute atomic E-state index is 0.0915. The molecule has 4 fully saturated rings. The van der Waals surface area contributed by atoms with Crippen LogP contribution in [0.5, 0.6) is 0 Å². The van der Waals surface area contributed by atoms with Crippen LogP contribution < -0.4 is 0 Å². The summed E-state index contributed by atoms with van der Waals surface area (Å²) < 4.78 is 0. The zero-order valence-corrected chi connectivity index (χ0v) is 17.7. The van der Waals surface area contributed by atoms with E-state index < -0.39 is 11.5 Å². The summed E-state index contributed by atoms with van der Waals surface area (Å²) in [5, 5.41) is 11.1. The number of nitrogens with zero attached hydrogens (tertiary/aromatic N) is 4. The summed E-state index contributed by atoms with van der Waals surface area (Å²) in [5.41, 5.74) is -0.237. The van der Waals surface area contributed by atoms with Crippen LogP contribution in [0.2, 0.25) is 0 Å². The Labute approximate surface area is 177 Å². The first-order chi connectivity index (χ1) is 14.5. The molecule has 0 aromatic carbocycles. The number of hydrogen-bond donors (Lipinski definition) is 1. The standard InChI is InChI=1S/C24H30N4O2/c1-16(29)24(20-4-3-6-25-14-20,21-5-7-26-15-27-21)22(30)28(2)23-11-17-8-18(12-23)10-19(9-17)13-23/h3-7,14-19,29H,8-13H2,1-2H3. The summed E-state index contributed by atoms with van der Waals surface area (Å²) in [6, 6.07) is 5.42. The summed E-state index contributed by atoms with van der Waals surface area (Å²) in [6.07, 6.45) is 12.7. The van der Waals surface area contributed by atoms with Crippen molar-refractivity contribution in [2.45, 2.75) is 62.5 Å². The normalized spacial score (nSPS) is 32.4. The molecule has 1 N–H and O–H groups in total. The van der Waals surface area contributed by atoms with E-state index in [-0.39, 0.29) is 11.4 Å². The number of carbonyl (C=O) groups is 1. The fraction of sp³-hybridized carbons (Fsp3) is 0.583. The molecular weight excluding hydrogens is 376 g/mol. The third kappa shape index (κ3) is 2.80. The van der Waals surface area contributed by atoms with Crippen LogP contribution in [0.15, 0.2) is 43.1 Å². The molecule has 1 amide bonds. The molecule has 0 radical (unpaired) electrons. The lowest BCUT2D eigenvalue weighted by Crippen LogP contribution is -2.64. The Kier molecular flexibility index (Phi) is 4.65. The van der Waals surface area contributed by atoms with Gasteiger partial charge in [-0.3, -0.25) is 9.78 Å². The molecule has 2 atom stereocenters. The number of pyridine rings is 1. The monoisotopic (exact) mass is 406 g/mol. The largest absolute Gasteiger partial charge is 0.392 e. The highest BCUT2D eigenvalue weighted by Gasteiger charge is 2.58. The van der Waals surface area contributed by atoms with Crippen LogP contribution in [0, 0.1) is 17.8 Å². The third-order valence-electron chi connectivity index (χ3n) is 8.09. The lowest BCUT2D eigenvalue weighted by molar-refractivity contribution is -0.155. The molecule has 2 aromatic heterocycles. The van der Waals surface area contributed by atoms with Crippen LogP contribution in [0.4, 0.5) is 0 Å². The average molecular weight is 407 g/mol. The van der Waals surface area contributed by atoms with Crippen molar-refractivity contribution in [2.24, 2.45) is 17.8 Å². The number of likely N-dealkylation sites (N-methyl/N-ethyl adjacent to an activating group) is 1. The van der Waals surface area contributed by atoms with Gasteiger partial charge in [0.2, 0.25) is 5.91 Å². The van der Waals surface area contributed by atoms with Gasteiger partial charge in [-0.25, -0.2) is 9.97 Å². The van der Waals surface area contributed by atoms with Gasteiger partial charge in [-0.2, -0.15) is 0 Å². The van der Waals surface area contributed by atoms with Crippen LogP contribution in [0.1, 0.15) is 56.7 Å². The van der Waals surface area contributed by atoms with Crippen molar-refractivity contribution in [3.63, 3.8) is 0 Å². The Hall–Kier alpha value is -2.34. The van der Waals surface area contributed by atoms with Crippen LogP contribution in [-0.2, 0) is 10.2 Å². The first kappa shape index (κ1) is 19.6. The molecule has 2 heterocycles. The predicted octanol–water partition coefficient (Wildman–Crippen LogP) is 2.97. The lowest BCUT2D eigenvalue weighted by atomic mass is 9.52. The minimum atomic E-state index is -1.31. The van der Waals surface area contributed by atoms with Crippen LogP contribution in [0.3, 0.4) is 0 Å². The van der Waals surface area contributed by atoms with E-state index in [1.807, 2.05) is 24.1 Å². The fourth-order valence-corrected chi connectivity index (χ4v) is 7.09. The SMILES string of the molecule is CC(O)C(C(=O)N(C)C12CC3CC(CC(C3)C1)C2)(c1cccnc1)c1ccncn1. The topological polar surface area (TPSA) is 79.2 Å². The second-order valence-corrected chi connectivity index (χ2v) is 9.83. The van der Waals surface area contributed by atoms with E-state index in [9.17, 15) is 9.90 Å². The van der Waals surface area contributed by atoms with Gasteiger partial charge >= 0.3 is 0 Å². The third-order valence-corrected chi connectivity index (χ3v) is 8.09. The number of aromatic nitrogens is 3. The summed E-state index contributed by atoms with van der Waals surface area (Å²) in [4.78, 5) is 29.1. The quantitative estimate of drug-likeness (QED) is 0.826. The van der Waals surface area contributed by atoms with Crippen LogP contribution in [-0.4, -0.2) is 49.6 Å². The number of aliphatic hydroxyl groups is 1. The molecule has 4 bridgehead atoms. The number of hydrogen-bond acceptors (Lipinski definition) is 5. The van der Waals surface area contributed by atoms with Crippen molar-refractivity contribution in [2.75, 3.05) is 7.05 Å². The van der Waals surface area contributed by atoms with Gasteiger partial charge in [0.25, 0.3) is 0 Å². The zero-order chi connectivity index (χ0) is 20.9. The maximum atomic E-state index is 14.4.